The molecule has 0 radical (unpaired) electrons. The highest BCUT2D eigenvalue weighted by Gasteiger charge is 2.10. The molecular formula is C16H16BrN3O2. The molecule has 2 amide bonds. The van der Waals surface area contributed by atoms with Crippen LogP contribution in [-0.4, -0.2) is 16.8 Å². The topological polar surface area (TPSA) is 71.1 Å². The van der Waals surface area contributed by atoms with E-state index in [1.54, 1.807) is 24.5 Å². The molecule has 0 aliphatic carbocycles. The van der Waals surface area contributed by atoms with Crippen molar-refractivity contribution in [3.8, 4) is 0 Å². The van der Waals surface area contributed by atoms with Gasteiger partial charge in [-0.2, -0.15) is 0 Å². The first-order valence-electron chi connectivity index (χ1n) is 6.76. The first kappa shape index (κ1) is 16.2. The molecule has 2 N–H and O–H groups in total. The Morgan fingerprint density at radius 2 is 2.05 bits per heavy atom. The maximum absolute atomic E-state index is 11.8. The number of hydrogen-bond donors (Lipinski definition) is 2. The van der Waals surface area contributed by atoms with Crippen LogP contribution in [0, 0.1) is 6.92 Å². The fourth-order valence-corrected chi connectivity index (χ4v) is 2.09. The molecule has 114 valence electrons. The molecule has 0 bridgehead atoms. The van der Waals surface area contributed by atoms with Crippen LogP contribution in [0.1, 0.15) is 17.5 Å². The summed E-state index contributed by atoms with van der Waals surface area (Å²) < 4.78 is 0.972. The van der Waals surface area contributed by atoms with Crippen molar-refractivity contribution in [1.29, 1.82) is 0 Å². The Balaban J connectivity index is 1.81. The van der Waals surface area contributed by atoms with E-state index in [9.17, 15) is 9.59 Å². The van der Waals surface area contributed by atoms with Crippen LogP contribution in [0.4, 0.5) is 5.69 Å². The van der Waals surface area contributed by atoms with Crippen molar-refractivity contribution < 1.29 is 9.59 Å². The van der Waals surface area contributed by atoms with Gasteiger partial charge < -0.3 is 10.6 Å². The second-order valence-corrected chi connectivity index (χ2v) is 5.68. The zero-order valence-corrected chi connectivity index (χ0v) is 13.7. The van der Waals surface area contributed by atoms with Crippen molar-refractivity contribution in [3.05, 3.63) is 58.3 Å². The van der Waals surface area contributed by atoms with E-state index in [1.807, 2.05) is 25.1 Å². The van der Waals surface area contributed by atoms with Crippen LogP contribution in [0.3, 0.4) is 0 Å². The van der Waals surface area contributed by atoms with Gasteiger partial charge in [0.25, 0.3) is 0 Å². The molecule has 6 heteroatoms. The third kappa shape index (κ3) is 4.96. The highest BCUT2D eigenvalue weighted by molar-refractivity contribution is 9.10. The summed E-state index contributed by atoms with van der Waals surface area (Å²) >= 11 is 3.40. The number of halogens is 1. The summed E-state index contributed by atoms with van der Waals surface area (Å²) in [6, 6.07) is 9.13. The molecule has 0 aliphatic heterocycles. The number of aryl methyl sites for hydroxylation is 1. The van der Waals surface area contributed by atoms with Crippen LogP contribution < -0.4 is 10.6 Å². The monoisotopic (exact) mass is 361 g/mol. The van der Waals surface area contributed by atoms with Gasteiger partial charge in [-0.15, -0.1) is 0 Å². The molecular weight excluding hydrogens is 346 g/mol. The van der Waals surface area contributed by atoms with Gasteiger partial charge in [0.1, 0.15) is 6.42 Å². The molecule has 0 fully saturated rings. The Hall–Kier alpha value is -2.21. The third-order valence-corrected chi connectivity index (χ3v) is 3.87. The third-order valence-electron chi connectivity index (χ3n) is 2.98. The molecule has 2 rings (SSSR count). The van der Waals surface area contributed by atoms with Gasteiger partial charge in [-0.25, -0.2) is 0 Å². The van der Waals surface area contributed by atoms with Gasteiger partial charge in [0, 0.05) is 29.1 Å². The van der Waals surface area contributed by atoms with Gasteiger partial charge >= 0.3 is 0 Å². The Bertz CT molecular complexity index is 674. The van der Waals surface area contributed by atoms with E-state index in [2.05, 4.69) is 31.5 Å². The zero-order chi connectivity index (χ0) is 15.9. The number of amides is 2. The summed E-state index contributed by atoms with van der Waals surface area (Å²) in [6.45, 7) is 2.29. The Morgan fingerprint density at radius 1 is 1.23 bits per heavy atom. The van der Waals surface area contributed by atoms with Crippen LogP contribution in [0.5, 0.6) is 0 Å². The average Bonchev–Trinajstić information content (AvgIpc) is 2.50. The number of benzene rings is 1. The molecule has 2 aromatic rings. The lowest BCUT2D eigenvalue weighted by Gasteiger charge is -2.08. The molecule has 0 unspecified atom stereocenters. The van der Waals surface area contributed by atoms with Gasteiger partial charge in [-0.3, -0.25) is 14.6 Å². The van der Waals surface area contributed by atoms with Gasteiger partial charge in [0.05, 0.1) is 0 Å². The minimum Gasteiger partial charge on any atom is -0.352 e. The van der Waals surface area contributed by atoms with E-state index in [-0.39, 0.29) is 18.2 Å². The molecule has 0 saturated heterocycles. The second-order valence-electron chi connectivity index (χ2n) is 4.83. The molecule has 0 spiro atoms. The summed E-state index contributed by atoms with van der Waals surface area (Å²) in [5.74, 6) is -0.666. The van der Waals surface area contributed by atoms with Crippen molar-refractivity contribution in [2.45, 2.75) is 19.9 Å². The maximum Gasteiger partial charge on any atom is 0.233 e. The quantitative estimate of drug-likeness (QED) is 0.804. The minimum atomic E-state index is -0.342. The summed E-state index contributed by atoms with van der Waals surface area (Å²) in [5.41, 5.74) is 2.57. The van der Waals surface area contributed by atoms with Crippen molar-refractivity contribution in [2.75, 3.05) is 5.32 Å². The smallest absolute Gasteiger partial charge is 0.233 e. The van der Waals surface area contributed by atoms with E-state index >= 15 is 0 Å². The fourth-order valence-electron chi connectivity index (χ4n) is 1.84. The lowest BCUT2D eigenvalue weighted by atomic mass is 10.2. The number of carbonyl (C=O) groups is 2. The molecule has 0 atom stereocenters. The van der Waals surface area contributed by atoms with E-state index in [0.29, 0.717) is 12.2 Å². The summed E-state index contributed by atoms with van der Waals surface area (Å²) in [7, 11) is 0. The first-order chi connectivity index (χ1) is 10.5. The number of rotatable bonds is 5. The Labute approximate surface area is 137 Å². The Kier molecular flexibility index (Phi) is 5.66. The molecule has 5 nitrogen and oxygen atoms in total. The lowest BCUT2D eigenvalue weighted by Crippen LogP contribution is -2.27. The predicted molar refractivity (Wildman–Crippen MR) is 88.2 cm³/mol. The zero-order valence-electron chi connectivity index (χ0n) is 12.1. The van der Waals surface area contributed by atoms with Crippen LogP contribution >= 0.6 is 15.9 Å². The van der Waals surface area contributed by atoms with Crippen molar-refractivity contribution in [1.82, 2.24) is 10.3 Å². The number of pyridine rings is 1. The number of nitrogens with zero attached hydrogens (tertiary/aromatic N) is 1. The fraction of sp³-hybridized carbons (Fsp3) is 0.188. The van der Waals surface area contributed by atoms with E-state index in [1.165, 1.54) is 0 Å². The van der Waals surface area contributed by atoms with Crippen LogP contribution in [-0.2, 0) is 16.1 Å². The van der Waals surface area contributed by atoms with Crippen molar-refractivity contribution >= 4 is 33.4 Å². The number of anilines is 1. The Morgan fingerprint density at radius 3 is 2.73 bits per heavy atom. The van der Waals surface area contributed by atoms with Crippen LogP contribution in [0.25, 0.3) is 0 Å². The standard InChI is InChI=1S/C16H16BrN3O2/c1-11-7-13(4-5-14(11)17)20-16(22)8-15(21)19-10-12-3-2-6-18-9-12/h2-7,9H,8,10H2,1H3,(H,19,21)(H,20,22). The van der Waals surface area contributed by atoms with Crippen molar-refractivity contribution in [2.24, 2.45) is 0 Å². The highest BCUT2D eigenvalue weighted by atomic mass is 79.9. The second kappa shape index (κ2) is 7.70. The molecule has 1 aromatic carbocycles. The van der Waals surface area contributed by atoms with Gasteiger partial charge in [0.2, 0.25) is 11.8 Å². The molecule has 1 heterocycles. The molecule has 22 heavy (non-hydrogen) atoms. The molecule has 0 saturated carbocycles. The average molecular weight is 362 g/mol. The van der Waals surface area contributed by atoms with E-state index in [0.717, 1.165) is 15.6 Å². The number of carbonyl (C=O) groups excluding carboxylic acids is 2. The van der Waals surface area contributed by atoms with Crippen LogP contribution in [0.2, 0.25) is 0 Å². The predicted octanol–water partition coefficient (Wildman–Crippen LogP) is 2.80. The normalized spacial score (nSPS) is 10.1. The van der Waals surface area contributed by atoms with Crippen molar-refractivity contribution in [3.63, 3.8) is 0 Å². The largest absolute Gasteiger partial charge is 0.352 e. The molecule has 0 aliphatic rings. The van der Waals surface area contributed by atoms with E-state index < -0.39 is 0 Å². The number of aromatic nitrogens is 1. The van der Waals surface area contributed by atoms with Gasteiger partial charge in [-0.05, 0) is 42.3 Å². The van der Waals surface area contributed by atoms with Crippen LogP contribution in [0.15, 0.2) is 47.2 Å². The molecule has 1 aromatic heterocycles. The summed E-state index contributed by atoms with van der Waals surface area (Å²) in [5, 5.41) is 5.39. The first-order valence-corrected chi connectivity index (χ1v) is 7.55. The lowest BCUT2D eigenvalue weighted by molar-refractivity contribution is -0.126. The number of nitrogens with one attached hydrogen (secondary N) is 2. The van der Waals surface area contributed by atoms with Gasteiger partial charge in [-0.1, -0.05) is 22.0 Å². The minimum absolute atomic E-state index is 0.213. The van der Waals surface area contributed by atoms with Gasteiger partial charge in [0.15, 0.2) is 0 Å². The SMILES string of the molecule is Cc1cc(NC(=O)CC(=O)NCc2cccnc2)ccc1Br. The number of hydrogen-bond acceptors (Lipinski definition) is 3. The summed E-state index contributed by atoms with van der Waals surface area (Å²) in [4.78, 5) is 27.5. The highest BCUT2D eigenvalue weighted by Crippen LogP contribution is 2.20. The van der Waals surface area contributed by atoms with E-state index in [4.69, 9.17) is 0 Å². The summed E-state index contributed by atoms with van der Waals surface area (Å²) in [6.07, 6.45) is 3.12. The maximum atomic E-state index is 11.8.